The highest BCUT2D eigenvalue weighted by atomic mass is 16.5. The van der Waals surface area contributed by atoms with Crippen molar-refractivity contribution >= 4 is 29.2 Å². The normalized spacial score (nSPS) is 22.4. The molecule has 1 amide bonds. The number of ether oxygens (including phenoxy) is 2. The van der Waals surface area contributed by atoms with Crippen LogP contribution in [-0.2, 0) is 19.1 Å². The molecule has 0 bridgehead atoms. The van der Waals surface area contributed by atoms with E-state index in [0.29, 0.717) is 36.9 Å². The van der Waals surface area contributed by atoms with Gasteiger partial charge in [0, 0.05) is 35.5 Å². The third-order valence-electron chi connectivity index (χ3n) is 5.38. The maximum Gasteiger partial charge on any atom is 0.315 e. The molecular formula is C24H31N3O4. The average Bonchev–Trinajstić information content (AvgIpc) is 3.06. The van der Waals surface area contributed by atoms with E-state index in [-0.39, 0.29) is 23.3 Å². The highest BCUT2D eigenvalue weighted by Crippen LogP contribution is 2.43. The number of aliphatic imine (C=N–C) groups is 2. The van der Waals surface area contributed by atoms with Gasteiger partial charge in [-0.05, 0) is 51.8 Å². The fourth-order valence-corrected chi connectivity index (χ4v) is 4.05. The van der Waals surface area contributed by atoms with Crippen molar-refractivity contribution in [3.8, 4) is 0 Å². The summed E-state index contributed by atoms with van der Waals surface area (Å²) in [6.45, 7) is 12.0. The Morgan fingerprint density at radius 2 is 1.90 bits per heavy atom. The van der Waals surface area contributed by atoms with Crippen molar-refractivity contribution in [2.24, 2.45) is 15.9 Å². The van der Waals surface area contributed by atoms with Crippen LogP contribution in [0.2, 0.25) is 0 Å². The molecular weight excluding hydrogens is 394 g/mol. The maximum absolute atomic E-state index is 13.0. The third kappa shape index (κ3) is 4.86. The molecule has 2 unspecified atom stereocenters. The number of carbonyl (C=O) groups is 2. The lowest BCUT2D eigenvalue weighted by Gasteiger charge is -2.32. The van der Waals surface area contributed by atoms with Gasteiger partial charge in [0.25, 0.3) is 0 Å². The Hall–Kier alpha value is -2.96. The Kier molecular flexibility index (Phi) is 6.62. The number of hydrogen-bond acceptors (Lipinski definition) is 6. The SMILES string of the molecule is CCOC(=O)C1C(C)=NC(CC)=C(C2=NC(C)(C)CO2)C1c1ccc(NC(C)=O)cc1. The van der Waals surface area contributed by atoms with Gasteiger partial charge in [-0.3, -0.25) is 14.6 Å². The lowest BCUT2D eigenvalue weighted by Crippen LogP contribution is -2.36. The number of benzene rings is 1. The van der Waals surface area contributed by atoms with Crippen LogP contribution >= 0.6 is 0 Å². The fraction of sp³-hybridized carbons (Fsp3) is 0.500. The molecule has 7 nitrogen and oxygen atoms in total. The first-order valence-corrected chi connectivity index (χ1v) is 10.7. The van der Waals surface area contributed by atoms with Gasteiger partial charge in [-0.15, -0.1) is 0 Å². The van der Waals surface area contributed by atoms with Crippen LogP contribution in [0.5, 0.6) is 0 Å². The summed E-state index contributed by atoms with van der Waals surface area (Å²) in [4.78, 5) is 34.0. The molecule has 1 aromatic rings. The predicted molar refractivity (Wildman–Crippen MR) is 122 cm³/mol. The zero-order valence-corrected chi connectivity index (χ0v) is 19.1. The van der Waals surface area contributed by atoms with Crippen molar-refractivity contribution in [3.05, 3.63) is 41.1 Å². The summed E-state index contributed by atoms with van der Waals surface area (Å²) in [5.41, 5.74) is 3.69. The number of allylic oxidation sites excluding steroid dienone is 1. The van der Waals surface area contributed by atoms with Crippen LogP contribution in [0.1, 0.15) is 59.4 Å². The number of rotatable bonds is 6. The molecule has 2 atom stereocenters. The molecule has 0 radical (unpaired) electrons. The van der Waals surface area contributed by atoms with E-state index in [9.17, 15) is 9.59 Å². The minimum atomic E-state index is -0.577. The molecule has 2 aliphatic rings. The van der Waals surface area contributed by atoms with E-state index >= 15 is 0 Å². The van der Waals surface area contributed by atoms with Crippen molar-refractivity contribution in [1.29, 1.82) is 0 Å². The Morgan fingerprint density at radius 3 is 2.42 bits per heavy atom. The number of nitrogens with zero attached hydrogens (tertiary/aromatic N) is 2. The first kappa shape index (κ1) is 22.7. The molecule has 0 spiro atoms. The lowest BCUT2D eigenvalue weighted by atomic mass is 9.75. The van der Waals surface area contributed by atoms with Crippen LogP contribution in [0.3, 0.4) is 0 Å². The summed E-state index contributed by atoms with van der Waals surface area (Å²) in [5, 5.41) is 2.78. The third-order valence-corrected chi connectivity index (χ3v) is 5.38. The molecule has 0 aliphatic carbocycles. The molecule has 0 saturated carbocycles. The van der Waals surface area contributed by atoms with Gasteiger partial charge in [-0.25, -0.2) is 4.99 Å². The van der Waals surface area contributed by atoms with E-state index < -0.39 is 5.92 Å². The van der Waals surface area contributed by atoms with E-state index in [1.54, 1.807) is 6.92 Å². The first-order chi connectivity index (χ1) is 14.7. The summed E-state index contributed by atoms with van der Waals surface area (Å²) in [7, 11) is 0. The van der Waals surface area contributed by atoms with Crippen molar-refractivity contribution in [2.45, 2.75) is 59.4 Å². The average molecular weight is 426 g/mol. The van der Waals surface area contributed by atoms with Crippen molar-refractivity contribution in [1.82, 2.24) is 0 Å². The standard InChI is InChI=1S/C24H31N3O4/c1-7-18-21(22-27-24(5,6)13-31-22)20(19(14(3)25-18)23(29)30-8-2)16-9-11-17(12-10-16)26-15(4)28/h9-12,19-20H,7-8,13H2,1-6H3,(H,26,28). The van der Waals surface area contributed by atoms with Gasteiger partial charge >= 0.3 is 5.97 Å². The van der Waals surface area contributed by atoms with Crippen LogP contribution in [-0.4, -0.2) is 42.2 Å². The van der Waals surface area contributed by atoms with E-state index in [2.05, 4.69) is 5.32 Å². The molecule has 31 heavy (non-hydrogen) atoms. The van der Waals surface area contributed by atoms with Gasteiger partial charge in [0.2, 0.25) is 11.8 Å². The Labute approximate surface area is 183 Å². The zero-order valence-electron chi connectivity index (χ0n) is 19.1. The molecule has 2 aliphatic heterocycles. The number of hydrogen-bond donors (Lipinski definition) is 1. The van der Waals surface area contributed by atoms with E-state index in [4.69, 9.17) is 19.5 Å². The maximum atomic E-state index is 13.0. The summed E-state index contributed by atoms with van der Waals surface area (Å²) >= 11 is 0. The van der Waals surface area contributed by atoms with Crippen LogP contribution in [0, 0.1) is 5.92 Å². The largest absolute Gasteiger partial charge is 0.475 e. The van der Waals surface area contributed by atoms with E-state index in [0.717, 1.165) is 16.8 Å². The second-order valence-electron chi connectivity index (χ2n) is 8.50. The number of amides is 1. The quantitative estimate of drug-likeness (QED) is 0.690. The molecule has 1 N–H and O–H groups in total. The molecule has 2 heterocycles. The van der Waals surface area contributed by atoms with Crippen molar-refractivity contribution in [2.75, 3.05) is 18.5 Å². The van der Waals surface area contributed by atoms with Gasteiger partial charge in [-0.1, -0.05) is 19.1 Å². The van der Waals surface area contributed by atoms with Crippen molar-refractivity contribution in [3.63, 3.8) is 0 Å². The highest BCUT2D eigenvalue weighted by molar-refractivity contribution is 6.08. The van der Waals surface area contributed by atoms with Crippen LogP contribution in [0.15, 0.2) is 45.5 Å². The van der Waals surface area contributed by atoms with Gasteiger partial charge in [-0.2, -0.15) is 0 Å². The number of nitrogens with one attached hydrogen (secondary N) is 1. The monoisotopic (exact) mass is 425 g/mol. The molecule has 7 heteroatoms. The molecule has 1 aromatic carbocycles. The minimum absolute atomic E-state index is 0.136. The number of esters is 1. The minimum Gasteiger partial charge on any atom is -0.475 e. The topological polar surface area (TPSA) is 89.3 Å². The second kappa shape index (κ2) is 9.04. The van der Waals surface area contributed by atoms with Crippen LogP contribution < -0.4 is 5.32 Å². The zero-order chi connectivity index (χ0) is 22.8. The van der Waals surface area contributed by atoms with E-state index in [1.165, 1.54) is 6.92 Å². The highest BCUT2D eigenvalue weighted by Gasteiger charge is 2.43. The smallest absolute Gasteiger partial charge is 0.315 e. The summed E-state index contributed by atoms with van der Waals surface area (Å²) in [5.74, 6) is -0.825. The summed E-state index contributed by atoms with van der Waals surface area (Å²) < 4.78 is 11.4. The van der Waals surface area contributed by atoms with Gasteiger partial charge in [0.1, 0.15) is 12.5 Å². The molecule has 0 aromatic heterocycles. The first-order valence-electron chi connectivity index (χ1n) is 10.7. The predicted octanol–water partition coefficient (Wildman–Crippen LogP) is 4.25. The fourth-order valence-electron chi connectivity index (χ4n) is 4.05. The molecule has 166 valence electrons. The lowest BCUT2D eigenvalue weighted by molar-refractivity contribution is -0.146. The van der Waals surface area contributed by atoms with Gasteiger partial charge in [0.15, 0.2) is 0 Å². The number of carbonyl (C=O) groups excluding carboxylic acids is 2. The summed E-state index contributed by atoms with van der Waals surface area (Å²) in [6.07, 6.45) is 0.686. The van der Waals surface area contributed by atoms with E-state index in [1.807, 2.05) is 52.0 Å². The Balaban J connectivity index is 2.15. The van der Waals surface area contributed by atoms with Gasteiger partial charge in [0.05, 0.1) is 12.1 Å². The van der Waals surface area contributed by atoms with Crippen molar-refractivity contribution < 1.29 is 19.1 Å². The number of anilines is 1. The van der Waals surface area contributed by atoms with Crippen LogP contribution in [0.25, 0.3) is 0 Å². The van der Waals surface area contributed by atoms with Crippen LogP contribution in [0.4, 0.5) is 5.69 Å². The van der Waals surface area contributed by atoms with Gasteiger partial charge < -0.3 is 14.8 Å². The molecule has 0 saturated heterocycles. The Bertz CT molecular complexity index is 958. The molecule has 0 fully saturated rings. The second-order valence-corrected chi connectivity index (χ2v) is 8.50. The Morgan fingerprint density at radius 1 is 1.23 bits per heavy atom. The molecule has 3 rings (SSSR count). The summed E-state index contributed by atoms with van der Waals surface area (Å²) in [6, 6.07) is 7.53.